The molecule has 6 rings (SSSR count). The highest BCUT2D eigenvalue weighted by Gasteiger charge is 2.34. The number of methoxy groups -OCH3 is 1. The minimum absolute atomic E-state index is 0.0308. The monoisotopic (exact) mass is 611 g/mol. The zero-order chi connectivity index (χ0) is 28.8. The molecule has 0 amide bonds. The molecule has 1 aliphatic carbocycles. The molecule has 0 spiro atoms. The number of aliphatic hydroxyl groups excluding tert-OH is 2. The summed E-state index contributed by atoms with van der Waals surface area (Å²) in [6.45, 7) is 1.96. The van der Waals surface area contributed by atoms with Gasteiger partial charge in [0.1, 0.15) is 34.5 Å². The second kappa shape index (κ2) is 9.12. The molecule has 2 aromatic heterocycles. The minimum atomic E-state index is -1.22. The summed E-state index contributed by atoms with van der Waals surface area (Å²) in [5.74, 6) is -1.44. The lowest BCUT2D eigenvalue weighted by molar-refractivity contribution is 0.0713. The largest absolute Gasteiger partial charge is 0.507 e. The molecule has 2 atom stereocenters. The first-order chi connectivity index (χ1) is 19.0. The van der Waals surface area contributed by atoms with E-state index in [2.05, 4.69) is 15.9 Å². The lowest BCUT2D eigenvalue weighted by atomic mass is 9.89. The highest BCUT2D eigenvalue weighted by atomic mass is 79.9. The zero-order valence-corrected chi connectivity index (χ0v) is 23.4. The first kappa shape index (κ1) is 26.4. The number of fused-ring (bicyclic) bond motifs is 6. The van der Waals surface area contributed by atoms with Crippen LogP contribution in [0.15, 0.2) is 30.6 Å². The minimum Gasteiger partial charge on any atom is -0.507 e. The second-order valence-electron chi connectivity index (χ2n) is 10.1. The summed E-state index contributed by atoms with van der Waals surface area (Å²) in [6.07, 6.45) is -0.762. The molecule has 0 radical (unpaired) electrons. The molecule has 0 fully saturated rings. The van der Waals surface area contributed by atoms with Crippen LogP contribution in [0.5, 0.6) is 23.0 Å². The van der Waals surface area contributed by atoms with Crippen molar-refractivity contribution in [1.29, 1.82) is 0 Å². The average molecular weight is 612 g/mol. The van der Waals surface area contributed by atoms with Gasteiger partial charge in [0.2, 0.25) is 5.43 Å². The molecule has 0 saturated carbocycles. The van der Waals surface area contributed by atoms with Gasteiger partial charge in [-0.2, -0.15) is 0 Å². The van der Waals surface area contributed by atoms with Crippen molar-refractivity contribution in [1.82, 2.24) is 4.57 Å². The maximum atomic E-state index is 13.7. The van der Waals surface area contributed by atoms with Crippen LogP contribution in [-0.2, 0) is 13.5 Å². The predicted molar refractivity (Wildman–Crippen MR) is 153 cm³/mol. The van der Waals surface area contributed by atoms with Crippen molar-refractivity contribution in [2.75, 3.05) is 7.11 Å². The number of hydrogen-bond donors (Lipinski definition) is 5. The summed E-state index contributed by atoms with van der Waals surface area (Å²) < 4.78 is 13.4. The van der Waals surface area contributed by atoms with Crippen molar-refractivity contribution in [2.45, 2.75) is 44.8 Å². The Morgan fingerprint density at radius 2 is 1.57 bits per heavy atom. The molecular weight excluding hydrogens is 586 g/mol. The van der Waals surface area contributed by atoms with E-state index in [1.165, 1.54) is 23.8 Å². The molecule has 40 heavy (non-hydrogen) atoms. The summed E-state index contributed by atoms with van der Waals surface area (Å²) in [7, 11) is 2.91. The van der Waals surface area contributed by atoms with Crippen LogP contribution >= 0.6 is 15.9 Å². The molecule has 0 aliphatic heterocycles. The Labute approximate surface area is 234 Å². The summed E-state index contributed by atoms with van der Waals surface area (Å²) in [5.41, 5.74) is -0.970. The number of phenolic OH excluding ortho intramolecular Hbond substituents is 3. The topological polar surface area (TPSA) is 163 Å². The molecule has 10 nitrogen and oxygen atoms in total. The van der Waals surface area contributed by atoms with Gasteiger partial charge in [-0.15, -0.1) is 0 Å². The van der Waals surface area contributed by atoms with Crippen molar-refractivity contribution < 1.29 is 34.7 Å². The molecule has 5 aromatic rings. The number of nitrogens with zero attached hydrogens (tertiary/aromatic N) is 1. The molecule has 0 bridgehead atoms. The summed E-state index contributed by atoms with van der Waals surface area (Å²) in [5, 5.41) is 55.6. The molecule has 11 heteroatoms. The van der Waals surface area contributed by atoms with Gasteiger partial charge in [0.25, 0.3) is 5.56 Å². The number of ether oxygens (including phenoxy) is 1. The van der Waals surface area contributed by atoms with Crippen LogP contribution in [0.2, 0.25) is 0 Å². The van der Waals surface area contributed by atoms with Crippen molar-refractivity contribution in [3.8, 4) is 23.0 Å². The van der Waals surface area contributed by atoms with E-state index in [1.807, 2.05) is 6.92 Å². The molecule has 0 unspecified atom stereocenters. The number of halogens is 1. The van der Waals surface area contributed by atoms with Crippen molar-refractivity contribution in [3.63, 3.8) is 0 Å². The Morgan fingerprint density at radius 1 is 0.950 bits per heavy atom. The van der Waals surface area contributed by atoms with Gasteiger partial charge in [-0.1, -0.05) is 13.3 Å². The standard InChI is InChI=1S/C29H26BrNO9/c1-4-5-12-21(30)18-19(29(38)31(12)2)23(35)15-10(22(18)34)6-7-11-16(15)24(36)20-25(37)17-13(32)8-9-14(33)27(17)40-28(20)26(11)39-3/h6-7,13-14,32-36H,4-5,8-9H2,1-3H3/t13-,14-/m0/s1. The summed E-state index contributed by atoms with van der Waals surface area (Å²) >= 11 is 3.52. The summed E-state index contributed by atoms with van der Waals surface area (Å²) in [4.78, 5) is 27.2. The SMILES string of the molecule is CCCc1c(Br)c2c(O)c3ccc4c(OC)c5oc6c(c(=O)c5c(O)c4c3c(O)c2c(=O)n1C)[C@@H](O)CC[C@@H]6O. The first-order valence-corrected chi connectivity index (χ1v) is 13.6. The van der Waals surface area contributed by atoms with Crippen LogP contribution in [0.3, 0.4) is 0 Å². The second-order valence-corrected chi connectivity index (χ2v) is 10.9. The van der Waals surface area contributed by atoms with Crippen molar-refractivity contribution >= 4 is 59.2 Å². The third-order valence-corrected chi connectivity index (χ3v) is 8.81. The Kier molecular flexibility index (Phi) is 6.02. The lowest BCUT2D eigenvalue weighted by Crippen LogP contribution is -2.23. The maximum Gasteiger partial charge on any atom is 0.262 e. The van der Waals surface area contributed by atoms with Crippen molar-refractivity contribution in [2.24, 2.45) is 7.05 Å². The van der Waals surface area contributed by atoms with Gasteiger partial charge in [-0.25, -0.2) is 0 Å². The molecule has 3 aromatic carbocycles. The Hall–Kier alpha value is -3.80. The van der Waals surface area contributed by atoms with E-state index in [4.69, 9.17) is 9.15 Å². The van der Waals surface area contributed by atoms with E-state index in [9.17, 15) is 35.1 Å². The Bertz CT molecular complexity index is 2040. The third-order valence-electron chi connectivity index (χ3n) is 7.96. The van der Waals surface area contributed by atoms with Gasteiger partial charge in [0.05, 0.1) is 24.2 Å². The highest BCUT2D eigenvalue weighted by Crippen LogP contribution is 2.52. The van der Waals surface area contributed by atoms with Crippen LogP contribution in [0.25, 0.3) is 43.3 Å². The fraction of sp³-hybridized carbons (Fsp3) is 0.310. The number of hydrogen-bond acceptors (Lipinski definition) is 9. The highest BCUT2D eigenvalue weighted by molar-refractivity contribution is 9.10. The molecular formula is C29H26BrNO9. The molecule has 1 aliphatic rings. The number of pyridine rings is 1. The first-order valence-electron chi connectivity index (χ1n) is 12.8. The number of aromatic nitrogens is 1. The predicted octanol–water partition coefficient (Wildman–Crippen LogP) is 4.65. The van der Waals surface area contributed by atoms with E-state index in [1.54, 1.807) is 7.05 Å². The van der Waals surface area contributed by atoms with Crippen LogP contribution in [0.1, 0.15) is 55.4 Å². The number of rotatable bonds is 3. The molecule has 5 N–H and O–H groups in total. The Morgan fingerprint density at radius 3 is 2.25 bits per heavy atom. The van der Waals surface area contributed by atoms with E-state index in [0.717, 1.165) is 6.42 Å². The van der Waals surface area contributed by atoms with E-state index in [-0.39, 0.29) is 79.0 Å². The number of aromatic hydroxyl groups is 3. The van der Waals surface area contributed by atoms with Gasteiger partial charge in [0.15, 0.2) is 11.3 Å². The zero-order valence-electron chi connectivity index (χ0n) is 21.8. The smallest absolute Gasteiger partial charge is 0.262 e. The van der Waals surface area contributed by atoms with E-state index in [0.29, 0.717) is 16.6 Å². The van der Waals surface area contributed by atoms with Gasteiger partial charge >= 0.3 is 0 Å². The molecule has 208 valence electrons. The van der Waals surface area contributed by atoms with Gasteiger partial charge in [0, 0.05) is 44.1 Å². The van der Waals surface area contributed by atoms with Crippen LogP contribution in [0, 0.1) is 0 Å². The number of aliphatic hydroxyl groups is 2. The van der Waals surface area contributed by atoms with Crippen LogP contribution < -0.4 is 15.7 Å². The van der Waals surface area contributed by atoms with E-state index < -0.39 is 34.7 Å². The third kappa shape index (κ3) is 3.28. The normalized spacial score (nSPS) is 17.2. The number of phenols is 3. The quantitative estimate of drug-likeness (QED) is 0.111. The maximum absolute atomic E-state index is 13.7. The van der Waals surface area contributed by atoms with Gasteiger partial charge in [-0.05, 0) is 47.3 Å². The van der Waals surface area contributed by atoms with Gasteiger partial charge < -0.3 is 39.3 Å². The average Bonchev–Trinajstić information content (AvgIpc) is 2.93. The Balaban J connectivity index is 1.89. The van der Waals surface area contributed by atoms with Crippen LogP contribution in [0.4, 0.5) is 0 Å². The number of benzene rings is 3. The van der Waals surface area contributed by atoms with Gasteiger partial charge in [-0.3, -0.25) is 9.59 Å². The van der Waals surface area contributed by atoms with Crippen molar-refractivity contribution in [3.05, 3.63) is 54.2 Å². The van der Waals surface area contributed by atoms with Crippen LogP contribution in [-0.4, -0.2) is 37.2 Å². The van der Waals surface area contributed by atoms with E-state index >= 15 is 0 Å². The summed E-state index contributed by atoms with van der Waals surface area (Å²) in [6, 6.07) is 3.05. The molecule has 0 saturated heterocycles. The fourth-order valence-corrected chi connectivity index (χ4v) is 6.89. The fourth-order valence-electron chi connectivity index (χ4n) is 6.04. The lowest BCUT2D eigenvalue weighted by Gasteiger charge is -2.25. The molecule has 2 heterocycles.